The molecule has 3 atom stereocenters. The quantitative estimate of drug-likeness (QED) is 0.859. The first-order valence-electron chi connectivity index (χ1n) is 6.79. The monoisotopic (exact) mass is 277 g/mol. The summed E-state index contributed by atoms with van der Waals surface area (Å²) in [6.45, 7) is 2.51. The van der Waals surface area contributed by atoms with E-state index in [1.165, 1.54) is 6.42 Å². The van der Waals surface area contributed by atoms with Crippen LogP contribution in [0, 0.1) is 24.7 Å². The second kappa shape index (κ2) is 4.76. The molecule has 0 heterocycles. The maximum Gasteiger partial charge on any atom is 0.240 e. The van der Waals surface area contributed by atoms with E-state index in [9.17, 15) is 8.42 Å². The summed E-state index contributed by atoms with van der Waals surface area (Å²) in [5, 5.41) is 0. The molecule has 0 spiro atoms. The van der Waals surface area contributed by atoms with Crippen molar-refractivity contribution >= 4 is 10.0 Å². The van der Waals surface area contributed by atoms with Crippen molar-refractivity contribution in [2.75, 3.05) is 6.54 Å². The lowest BCUT2D eigenvalue weighted by Crippen LogP contribution is -2.31. The van der Waals surface area contributed by atoms with E-state index in [0.717, 1.165) is 12.0 Å². The van der Waals surface area contributed by atoms with E-state index in [1.807, 2.05) is 19.1 Å². The van der Waals surface area contributed by atoms with Gasteiger partial charge in [-0.2, -0.15) is 0 Å². The van der Waals surface area contributed by atoms with E-state index in [4.69, 9.17) is 0 Å². The molecule has 1 aromatic rings. The van der Waals surface area contributed by atoms with Crippen LogP contribution in [-0.4, -0.2) is 15.0 Å². The van der Waals surface area contributed by atoms with Crippen molar-refractivity contribution in [2.45, 2.75) is 24.7 Å². The minimum absolute atomic E-state index is 0.358. The van der Waals surface area contributed by atoms with Gasteiger partial charge in [-0.3, -0.25) is 0 Å². The van der Waals surface area contributed by atoms with Crippen molar-refractivity contribution in [2.24, 2.45) is 17.8 Å². The fourth-order valence-electron chi connectivity index (χ4n) is 3.15. The predicted molar refractivity (Wildman–Crippen MR) is 75.2 cm³/mol. The highest BCUT2D eigenvalue weighted by atomic mass is 32.2. The predicted octanol–water partition coefficient (Wildman–Crippen LogP) is 2.49. The minimum atomic E-state index is -3.36. The normalized spacial score (nSPS) is 29.0. The molecule has 1 fully saturated rings. The molecule has 1 saturated carbocycles. The zero-order valence-electron chi connectivity index (χ0n) is 11.0. The number of hydrogen-bond acceptors (Lipinski definition) is 2. The van der Waals surface area contributed by atoms with E-state index in [2.05, 4.69) is 16.9 Å². The number of rotatable bonds is 4. The standard InChI is InChI=1S/C15H19NO2S/c1-11-2-6-15(7-3-11)19(17,18)16-10-14-9-12-4-5-13(14)8-12/h2-7,12-14,16H,8-10H2,1H3/t12-,13+,14+/m1/s1. The van der Waals surface area contributed by atoms with Crippen LogP contribution in [0.25, 0.3) is 0 Å². The van der Waals surface area contributed by atoms with Gasteiger partial charge in [-0.1, -0.05) is 29.8 Å². The fraction of sp³-hybridized carbons (Fsp3) is 0.467. The van der Waals surface area contributed by atoms with Gasteiger partial charge in [-0.05, 0) is 49.7 Å². The zero-order chi connectivity index (χ0) is 13.5. The Morgan fingerprint density at radius 1 is 1.16 bits per heavy atom. The average molecular weight is 277 g/mol. The van der Waals surface area contributed by atoms with Crippen molar-refractivity contribution in [3.8, 4) is 0 Å². The van der Waals surface area contributed by atoms with Crippen LogP contribution in [0.15, 0.2) is 41.3 Å². The lowest BCUT2D eigenvalue weighted by molar-refractivity contribution is 0.440. The van der Waals surface area contributed by atoms with Crippen LogP contribution >= 0.6 is 0 Å². The van der Waals surface area contributed by atoms with Crippen LogP contribution in [0.4, 0.5) is 0 Å². The topological polar surface area (TPSA) is 46.2 Å². The molecule has 19 heavy (non-hydrogen) atoms. The molecule has 2 bridgehead atoms. The SMILES string of the molecule is Cc1ccc(S(=O)(=O)NC[C@@H]2C[C@@H]3C=C[C@H]2C3)cc1. The zero-order valence-corrected chi connectivity index (χ0v) is 11.9. The smallest absolute Gasteiger partial charge is 0.211 e. The third-order valence-corrected chi connectivity index (χ3v) is 5.72. The van der Waals surface area contributed by atoms with Crippen molar-refractivity contribution in [3.63, 3.8) is 0 Å². The van der Waals surface area contributed by atoms with E-state index in [-0.39, 0.29) is 0 Å². The molecular weight excluding hydrogens is 258 g/mol. The molecular formula is C15H19NO2S. The van der Waals surface area contributed by atoms with E-state index < -0.39 is 10.0 Å². The Kier molecular flexibility index (Phi) is 3.23. The van der Waals surface area contributed by atoms with Gasteiger partial charge < -0.3 is 0 Å². The fourth-order valence-corrected chi connectivity index (χ4v) is 4.24. The van der Waals surface area contributed by atoms with Gasteiger partial charge in [0.25, 0.3) is 0 Å². The van der Waals surface area contributed by atoms with Crippen molar-refractivity contribution in [1.29, 1.82) is 0 Å². The van der Waals surface area contributed by atoms with Crippen LogP contribution in [0.1, 0.15) is 18.4 Å². The molecule has 0 unspecified atom stereocenters. The number of nitrogens with one attached hydrogen (secondary N) is 1. The molecule has 3 nitrogen and oxygen atoms in total. The first-order chi connectivity index (χ1) is 9.04. The number of benzene rings is 1. The van der Waals surface area contributed by atoms with Gasteiger partial charge in [0.15, 0.2) is 0 Å². The largest absolute Gasteiger partial charge is 0.240 e. The van der Waals surface area contributed by atoms with Gasteiger partial charge in [-0.15, -0.1) is 0 Å². The van der Waals surface area contributed by atoms with Gasteiger partial charge in [0.1, 0.15) is 0 Å². The molecule has 1 N–H and O–H groups in total. The lowest BCUT2D eigenvalue weighted by Gasteiger charge is -2.18. The number of fused-ring (bicyclic) bond motifs is 2. The van der Waals surface area contributed by atoms with Gasteiger partial charge in [0.05, 0.1) is 4.90 Å². The molecule has 0 radical (unpaired) electrons. The summed E-state index contributed by atoms with van der Waals surface area (Å²) in [6.07, 6.45) is 6.85. The molecule has 0 aromatic heterocycles. The van der Waals surface area contributed by atoms with Gasteiger partial charge in [0, 0.05) is 6.54 Å². The highest BCUT2D eigenvalue weighted by Crippen LogP contribution is 2.43. The first-order valence-corrected chi connectivity index (χ1v) is 8.27. The first kappa shape index (κ1) is 12.9. The summed E-state index contributed by atoms with van der Waals surface area (Å²) >= 11 is 0. The van der Waals surface area contributed by atoms with Crippen molar-refractivity contribution in [3.05, 3.63) is 42.0 Å². The third-order valence-electron chi connectivity index (χ3n) is 4.28. The molecule has 1 aromatic carbocycles. The maximum atomic E-state index is 12.2. The second-order valence-electron chi connectivity index (χ2n) is 5.71. The number of allylic oxidation sites excluding steroid dienone is 2. The Morgan fingerprint density at radius 2 is 1.89 bits per heavy atom. The van der Waals surface area contributed by atoms with E-state index >= 15 is 0 Å². The maximum absolute atomic E-state index is 12.2. The average Bonchev–Trinajstić information content (AvgIpc) is 2.99. The van der Waals surface area contributed by atoms with Crippen LogP contribution in [-0.2, 0) is 10.0 Å². The summed E-state index contributed by atoms with van der Waals surface area (Å²) < 4.78 is 27.1. The third kappa shape index (κ3) is 2.60. The van der Waals surface area contributed by atoms with E-state index in [1.54, 1.807) is 12.1 Å². The van der Waals surface area contributed by atoms with E-state index in [0.29, 0.717) is 29.2 Å². The molecule has 4 heteroatoms. The highest BCUT2D eigenvalue weighted by molar-refractivity contribution is 7.89. The van der Waals surface area contributed by atoms with Crippen molar-refractivity contribution < 1.29 is 8.42 Å². The van der Waals surface area contributed by atoms with Crippen LogP contribution < -0.4 is 4.72 Å². The Balaban J connectivity index is 1.66. The molecule has 0 saturated heterocycles. The highest BCUT2D eigenvalue weighted by Gasteiger charge is 2.35. The summed E-state index contributed by atoms with van der Waals surface area (Å²) in [5.41, 5.74) is 1.07. The van der Waals surface area contributed by atoms with Gasteiger partial charge in [0.2, 0.25) is 10.0 Å². The summed E-state index contributed by atoms with van der Waals surface area (Å²) in [7, 11) is -3.36. The van der Waals surface area contributed by atoms with Crippen molar-refractivity contribution in [1.82, 2.24) is 4.72 Å². The van der Waals surface area contributed by atoms with Crippen LogP contribution in [0.2, 0.25) is 0 Å². The summed E-state index contributed by atoms with van der Waals surface area (Å²) in [5.74, 6) is 1.72. The molecule has 3 rings (SSSR count). The summed E-state index contributed by atoms with van der Waals surface area (Å²) in [4.78, 5) is 0.358. The number of sulfonamides is 1. The molecule has 2 aliphatic carbocycles. The Labute approximate surface area is 114 Å². The Bertz CT molecular complexity index is 589. The summed E-state index contributed by atoms with van der Waals surface area (Å²) in [6, 6.07) is 6.99. The Morgan fingerprint density at radius 3 is 2.47 bits per heavy atom. The minimum Gasteiger partial charge on any atom is -0.211 e. The van der Waals surface area contributed by atoms with Gasteiger partial charge in [-0.25, -0.2) is 13.1 Å². The number of hydrogen-bond donors (Lipinski definition) is 1. The Hall–Kier alpha value is -1.13. The molecule has 0 amide bonds. The molecule has 102 valence electrons. The van der Waals surface area contributed by atoms with Crippen LogP contribution in [0.3, 0.4) is 0 Å². The second-order valence-corrected chi connectivity index (χ2v) is 7.47. The van der Waals surface area contributed by atoms with Crippen LogP contribution in [0.5, 0.6) is 0 Å². The number of aryl methyl sites for hydroxylation is 1. The molecule has 2 aliphatic rings. The molecule has 0 aliphatic heterocycles. The van der Waals surface area contributed by atoms with Gasteiger partial charge >= 0.3 is 0 Å². The lowest BCUT2D eigenvalue weighted by atomic mass is 9.94.